The van der Waals surface area contributed by atoms with Crippen LogP contribution in [0.4, 0.5) is 4.39 Å². The fourth-order valence-electron chi connectivity index (χ4n) is 1.29. The first-order valence-electron chi connectivity index (χ1n) is 4.94. The van der Waals surface area contributed by atoms with E-state index < -0.39 is 17.4 Å². The molecule has 0 aromatic heterocycles. The molecule has 0 fully saturated rings. The first kappa shape index (κ1) is 13.0. The topological polar surface area (TPSA) is 34.1 Å². The van der Waals surface area contributed by atoms with E-state index in [2.05, 4.69) is 15.9 Å². The maximum absolute atomic E-state index is 13.3. The predicted molar refractivity (Wildman–Crippen MR) is 62.9 cm³/mol. The van der Waals surface area contributed by atoms with E-state index in [9.17, 15) is 14.0 Å². The Hall–Kier alpha value is -1.03. The maximum Gasteiger partial charge on any atom is 0.231 e. The van der Waals surface area contributed by atoms with Gasteiger partial charge in [-0.15, -0.1) is 0 Å². The quantitative estimate of drug-likeness (QED) is 0.628. The Labute approximate surface area is 102 Å². The molecular weight excluding hydrogens is 275 g/mol. The van der Waals surface area contributed by atoms with Gasteiger partial charge in [0.2, 0.25) is 11.6 Å². The molecule has 0 amide bonds. The van der Waals surface area contributed by atoms with Gasteiger partial charge < -0.3 is 0 Å². The Morgan fingerprint density at radius 3 is 2.56 bits per heavy atom. The first-order valence-corrected chi connectivity index (χ1v) is 5.73. The SMILES string of the molecule is CC(C)CC(=O)C(=O)c1cc(Br)ccc1F. The van der Waals surface area contributed by atoms with Crippen LogP contribution in [-0.4, -0.2) is 11.6 Å². The predicted octanol–water partition coefficient (Wildman–Crippen LogP) is 3.39. The van der Waals surface area contributed by atoms with E-state index in [0.717, 1.165) is 0 Å². The zero-order valence-corrected chi connectivity index (χ0v) is 10.7. The molecule has 0 aliphatic carbocycles. The van der Waals surface area contributed by atoms with E-state index in [4.69, 9.17) is 0 Å². The Kier molecular flexibility index (Phi) is 4.35. The summed E-state index contributed by atoms with van der Waals surface area (Å²) in [6.45, 7) is 3.67. The average molecular weight is 287 g/mol. The molecule has 0 bridgehead atoms. The van der Waals surface area contributed by atoms with Crippen LogP contribution in [-0.2, 0) is 4.79 Å². The highest BCUT2D eigenvalue weighted by Gasteiger charge is 2.20. The highest BCUT2D eigenvalue weighted by atomic mass is 79.9. The molecule has 0 aliphatic heterocycles. The molecule has 0 saturated carbocycles. The molecule has 2 nitrogen and oxygen atoms in total. The Morgan fingerprint density at radius 2 is 2.00 bits per heavy atom. The summed E-state index contributed by atoms with van der Waals surface area (Å²) in [5.41, 5.74) is -0.167. The summed E-state index contributed by atoms with van der Waals surface area (Å²) in [7, 11) is 0. The van der Waals surface area contributed by atoms with Gasteiger partial charge in [-0.2, -0.15) is 0 Å². The van der Waals surface area contributed by atoms with E-state index in [1.807, 2.05) is 13.8 Å². The molecule has 0 radical (unpaired) electrons. The minimum atomic E-state index is -0.757. The van der Waals surface area contributed by atoms with Crippen LogP contribution in [0.15, 0.2) is 22.7 Å². The third-order valence-corrected chi connectivity index (χ3v) is 2.51. The summed E-state index contributed by atoms with van der Waals surface area (Å²) in [6.07, 6.45) is 0.144. The number of halogens is 2. The van der Waals surface area contributed by atoms with Crippen molar-refractivity contribution >= 4 is 27.5 Å². The van der Waals surface area contributed by atoms with Gasteiger partial charge in [-0.25, -0.2) is 4.39 Å². The van der Waals surface area contributed by atoms with E-state index in [0.29, 0.717) is 4.47 Å². The van der Waals surface area contributed by atoms with Crippen LogP contribution in [0.25, 0.3) is 0 Å². The van der Waals surface area contributed by atoms with Crippen LogP contribution >= 0.6 is 15.9 Å². The van der Waals surface area contributed by atoms with Crippen LogP contribution in [0.1, 0.15) is 30.6 Å². The number of hydrogen-bond acceptors (Lipinski definition) is 2. The fraction of sp³-hybridized carbons (Fsp3) is 0.333. The van der Waals surface area contributed by atoms with Crippen molar-refractivity contribution in [1.29, 1.82) is 0 Å². The van der Waals surface area contributed by atoms with Crippen molar-refractivity contribution in [2.45, 2.75) is 20.3 Å². The average Bonchev–Trinajstić information content (AvgIpc) is 2.19. The van der Waals surface area contributed by atoms with Crippen molar-refractivity contribution in [1.82, 2.24) is 0 Å². The molecule has 0 aliphatic rings. The summed E-state index contributed by atoms with van der Waals surface area (Å²) in [6, 6.07) is 3.98. The molecule has 1 aromatic carbocycles. The van der Waals surface area contributed by atoms with E-state index in [-0.39, 0.29) is 17.9 Å². The molecule has 0 heterocycles. The lowest BCUT2D eigenvalue weighted by Gasteiger charge is -2.04. The second kappa shape index (κ2) is 5.34. The minimum Gasteiger partial charge on any atom is -0.290 e. The van der Waals surface area contributed by atoms with Gasteiger partial charge in [-0.1, -0.05) is 29.8 Å². The van der Waals surface area contributed by atoms with Crippen molar-refractivity contribution in [3.63, 3.8) is 0 Å². The van der Waals surface area contributed by atoms with Gasteiger partial charge in [0.1, 0.15) is 5.82 Å². The normalized spacial score (nSPS) is 10.6. The van der Waals surface area contributed by atoms with Crippen molar-refractivity contribution in [3.8, 4) is 0 Å². The van der Waals surface area contributed by atoms with Crippen LogP contribution < -0.4 is 0 Å². The first-order chi connectivity index (χ1) is 7.41. The van der Waals surface area contributed by atoms with E-state index >= 15 is 0 Å². The molecule has 0 atom stereocenters. The molecule has 1 aromatic rings. The second-order valence-electron chi connectivity index (χ2n) is 3.97. The smallest absolute Gasteiger partial charge is 0.231 e. The van der Waals surface area contributed by atoms with Crippen molar-refractivity contribution in [3.05, 3.63) is 34.1 Å². The highest BCUT2D eigenvalue weighted by molar-refractivity contribution is 9.10. The van der Waals surface area contributed by atoms with Crippen LogP contribution in [0.3, 0.4) is 0 Å². The Bertz CT molecular complexity index is 427. The molecule has 16 heavy (non-hydrogen) atoms. The zero-order chi connectivity index (χ0) is 12.3. The van der Waals surface area contributed by atoms with E-state index in [1.165, 1.54) is 18.2 Å². The molecule has 0 unspecified atom stereocenters. The Balaban J connectivity index is 2.96. The molecule has 0 spiro atoms. The van der Waals surface area contributed by atoms with Crippen molar-refractivity contribution in [2.75, 3.05) is 0 Å². The zero-order valence-electron chi connectivity index (χ0n) is 9.09. The molecule has 0 saturated heterocycles. The van der Waals surface area contributed by atoms with Crippen molar-refractivity contribution in [2.24, 2.45) is 5.92 Å². The number of hydrogen-bond donors (Lipinski definition) is 0. The third kappa shape index (κ3) is 3.23. The van der Waals surface area contributed by atoms with Gasteiger partial charge >= 0.3 is 0 Å². The summed E-state index contributed by atoms with van der Waals surface area (Å²) in [5.74, 6) is -1.88. The number of rotatable bonds is 4. The van der Waals surface area contributed by atoms with Crippen LogP contribution in [0.5, 0.6) is 0 Å². The minimum absolute atomic E-state index is 0.0895. The molecule has 86 valence electrons. The van der Waals surface area contributed by atoms with Gasteiger partial charge in [0.25, 0.3) is 0 Å². The molecule has 0 N–H and O–H groups in total. The number of ketones is 2. The summed E-state index contributed by atoms with van der Waals surface area (Å²) < 4.78 is 13.9. The van der Waals surface area contributed by atoms with Gasteiger partial charge in [-0.3, -0.25) is 9.59 Å². The maximum atomic E-state index is 13.3. The fourth-order valence-corrected chi connectivity index (χ4v) is 1.65. The second-order valence-corrected chi connectivity index (χ2v) is 4.89. The largest absolute Gasteiger partial charge is 0.290 e. The van der Waals surface area contributed by atoms with Gasteiger partial charge in [0.05, 0.1) is 5.56 Å². The van der Waals surface area contributed by atoms with Gasteiger partial charge in [-0.05, 0) is 24.1 Å². The molecular formula is C12H12BrFO2. The summed E-state index contributed by atoms with van der Waals surface area (Å²) in [5, 5.41) is 0. The van der Waals surface area contributed by atoms with Gasteiger partial charge in [0.15, 0.2) is 0 Å². The van der Waals surface area contributed by atoms with Gasteiger partial charge in [0, 0.05) is 10.9 Å². The summed E-state index contributed by atoms with van der Waals surface area (Å²) >= 11 is 3.13. The summed E-state index contributed by atoms with van der Waals surface area (Å²) in [4.78, 5) is 23.1. The number of carbonyl (C=O) groups excluding carboxylic acids is 2. The van der Waals surface area contributed by atoms with Crippen LogP contribution in [0.2, 0.25) is 0 Å². The monoisotopic (exact) mass is 286 g/mol. The number of Topliss-reactive ketones (excluding diaryl/α,β-unsaturated/α-hetero) is 2. The third-order valence-electron chi connectivity index (χ3n) is 2.02. The lowest BCUT2D eigenvalue weighted by molar-refractivity contribution is -0.115. The Morgan fingerprint density at radius 1 is 1.38 bits per heavy atom. The number of carbonyl (C=O) groups is 2. The highest BCUT2D eigenvalue weighted by Crippen LogP contribution is 2.17. The van der Waals surface area contributed by atoms with E-state index in [1.54, 1.807) is 0 Å². The molecule has 1 rings (SSSR count). The van der Waals surface area contributed by atoms with Crippen molar-refractivity contribution < 1.29 is 14.0 Å². The molecule has 4 heteroatoms. The lowest BCUT2D eigenvalue weighted by Crippen LogP contribution is -2.17. The lowest BCUT2D eigenvalue weighted by atomic mass is 10.00. The number of benzene rings is 1. The van der Waals surface area contributed by atoms with Crippen LogP contribution in [0, 0.1) is 11.7 Å². The standard InChI is InChI=1S/C12H12BrFO2/c1-7(2)5-11(15)12(16)9-6-8(13)3-4-10(9)14/h3-4,6-7H,5H2,1-2H3.